The Hall–Kier alpha value is -1.78. The van der Waals surface area contributed by atoms with Crippen LogP contribution in [0.3, 0.4) is 0 Å². The van der Waals surface area contributed by atoms with E-state index in [0.29, 0.717) is 0 Å². The van der Waals surface area contributed by atoms with Crippen molar-refractivity contribution < 1.29 is 19.8 Å². The first-order valence-electron chi connectivity index (χ1n) is 3.68. The summed E-state index contributed by atoms with van der Waals surface area (Å²) in [6, 6.07) is -0.436. The van der Waals surface area contributed by atoms with Gasteiger partial charge in [0.2, 0.25) is 0 Å². The molecule has 0 bridgehead atoms. The van der Waals surface area contributed by atoms with E-state index < -0.39 is 18.1 Å². The number of aliphatic carboxylic acids is 1. The van der Waals surface area contributed by atoms with E-state index in [-0.39, 0.29) is 5.70 Å². The molecule has 1 aliphatic heterocycles. The van der Waals surface area contributed by atoms with E-state index in [0.717, 1.165) is 4.90 Å². The van der Waals surface area contributed by atoms with E-state index in [1.165, 1.54) is 12.2 Å². The van der Waals surface area contributed by atoms with Crippen LogP contribution in [0.15, 0.2) is 23.9 Å². The first-order valence-corrected chi connectivity index (χ1v) is 3.68. The first-order chi connectivity index (χ1) is 6.04. The minimum atomic E-state index is -1.26. The third-order valence-corrected chi connectivity index (χ3v) is 1.74. The summed E-state index contributed by atoms with van der Waals surface area (Å²) in [5.74, 6) is -1.24. The molecule has 1 rings (SSSR count). The molecule has 0 aromatic carbocycles. The van der Waals surface area contributed by atoms with Crippen molar-refractivity contribution in [2.75, 3.05) is 0 Å². The lowest BCUT2D eigenvalue weighted by molar-refractivity contribution is -0.134. The van der Waals surface area contributed by atoms with Gasteiger partial charge in [-0.05, 0) is 13.0 Å². The van der Waals surface area contributed by atoms with Crippen LogP contribution in [-0.4, -0.2) is 33.2 Å². The van der Waals surface area contributed by atoms with E-state index in [9.17, 15) is 9.59 Å². The summed E-state index contributed by atoms with van der Waals surface area (Å²) in [5, 5.41) is 17.4. The van der Waals surface area contributed by atoms with Gasteiger partial charge in [-0.1, -0.05) is 12.2 Å². The lowest BCUT2D eigenvalue weighted by atomic mass is 10.1. The summed E-state index contributed by atoms with van der Waals surface area (Å²) in [4.78, 5) is 22.1. The van der Waals surface area contributed by atoms with Crippen LogP contribution in [0.1, 0.15) is 6.92 Å². The van der Waals surface area contributed by atoms with Crippen molar-refractivity contribution in [1.82, 2.24) is 4.90 Å². The fourth-order valence-corrected chi connectivity index (χ4v) is 1.14. The lowest BCUT2D eigenvalue weighted by Crippen LogP contribution is -2.39. The maximum Gasteiger partial charge on any atom is 0.412 e. The van der Waals surface area contributed by atoms with Crippen molar-refractivity contribution in [2.24, 2.45) is 0 Å². The number of rotatable bonds is 1. The second kappa shape index (κ2) is 3.30. The molecule has 5 heteroatoms. The molecule has 1 atom stereocenters. The normalized spacial score (nSPS) is 21.2. The summed E-state index contributed by atoms with van der Waals surface area (Å²) >= 11 is 0. The van der Waals surface area contributed by atoms with Gasteiger partial charge in [-0.15, -0.1) is 0 Å². The molecule has 0 aliphatic carbocycles. The average Bonchev–Trinajstić information content (AvgIpc) is 2.02. The number of carbonyl (C=O) groups is 2. The molecule has 13 heavy (non-hydrogen) atoms. The highest BCUT2D eigenvalue weighted by Gasteiger charge is 2.27. The van der Waals surface area contributed by atoms with E-state index in [1.807, 2.05) is 0 Å². The number of allylic oxidation sites excluding steroid dienone is 2. The molecule has 70 valence electrons. The Morgan fingerprint density at radius 2 is 2.08 bits per heavy atom. The molecule has 1 amide bonds. The van der Waals surface area contributed by atoms with Gasteiger partial charge in [0.05, 0.1) is 6.04 Å². The summed E-state index contributed by atoms with van der Waals surface area (Å²) in [6.07, 6.45) is 3.15. The number of carboxylic acids is 1. The molecule has 0 saturated carbocycles. The molecule has 0 spiro atoms. The van der Waals surface area contributed by atoms with Crippen LogP contribution >= 0.6 is 0 Å². The molecule has 1 aliphatic rings. The van der Waals surface area contributed by atoms with Gasteiger partial charge >= 0.3 is 12.1 Å². The van der Waals surface area contributed by atoms with Crippen LogP contribution in [0, 0.1) is 0 Å². The van der Waals surface area contributed by atoms with E-state index in [2.05, 4.69) is 0 Å². The molecule has 0 aromatic heterocycles. The maximum absolute atomic E-state index is 10.7. The zero-order valence-corrected chi connectivity index (χ0v) is 6.97. The standard InChI is InChI=1S/C8H9NO4/c1-5-3-2-4-6(7(10)11)9(5)8(12)13/h2-5H,1H3,(H,10,11)(H,12,13). The highest BCUT2D eigenvalue weighted by molar-refractivity contribution is 5.91. The highest BCUT2D eigenvalue weighted by Crippen LogP contribution is 2.16. The monoisotopic (exact) mass is 183 g/mol. The SMILES string of the molecule is CC1C=CC=C(C(=O)O)N1C(=O)O. The molecule has 1 unspecified atom stereocenters. The predicted molar refractivity (Wildman–Crippen MR) is 44.2 cm³/mol. The first kappa shape index (κ1) is 9.31. The smallest absolute Gasteiger partial charge is 0.412 e. The molecule has 0 saturated heterocycles. The second-order valence-electron chi connectivity index (χ2n) is 2.64. The van der Waals surface area contributed by atoms with Crippen LogP contribution < -0.4 is 0 Å². The van der Waals surface area contributed by atoms with Crippen molar-refractivity contribution in [3.8, 4) is 0 Å². The molecule has 0 radical (unpaired) electrons. The Kier molecular flexibility index (Phi) is 2.36. The maximum atomic E-state index is 10.7. The number of carboxylic acid groups (broad SMARTS) is 2. The molecular weight excluding hydrogens is 174 g/mol. The Morgan fingerprint density at radius 3 is 2.46 bits per heavy atom. The predicted octanol–water partition coefficient (Wildman–Crippen LogP) is 0.893. The number of amides is 1. The molecule has 0 aromatic rings. The topological polar surface area (TPSA) is 77.8 Å². The molecule has 5 nitrogen and oxygen atoms in total. The van der Waals surface area contributed by atoms with Crippen molar-refractivity contribution in [3.05, 3.63) is 23.9 Å². The summed E-state index contributed by atoms with van der Waals surface area (Å²) in [7, 11) is 0. The zero-order chi connectivity index (χ0) is 10.0. The van der Waals surface area contributed by atoms with Crippen LogP contribution in [0.4, 0.5) is 4.79 Å². The average molecular weight is 183 g/mol. The van der Waals surface area contributed by atoms with Crippen LogP contribution in [0.2, 0.25) is 0 Å². The van der Waals surface area contributed by atoms with Gasteiger partial charge in [0.25, 0.3) is 0 Å². The number of hydrogen-bond acceptors (Lipinski definition) is 2. The summed E-state index contributed by atoms with van der Waals surface area (Å²) in [6.45, 7) is 1.61. The Morgan fingerprint density at radius 1 is 1.46 bits per heavy atom. The summed E-state index contributed by atoms with van der Waals surface area (Å²) < 4.78 is 0. The third-order valence-electron chi connectivity index (χ3n) is 1.74. The third kappa shape index (κ3) is 1.69. The lowest BCUT2D eigenvalue weighted by Gasteiger charge is -2.26. The van der Waals surface area contributed by atoms with E-state index in [4.69, 9.17) is 10.2 Å². The highest BCUT2D eigenvalue weighted by atomic mass is 16.4. The Balaban J connectivity index is 3.02. The van der Waals surface area contributed by atoms with Gasteiger partial charge in [-0.3, -0.25) is 4.90 Å². The molecule has 0 fully saturated rings. The quantitative estimate of drug-likeness (QED) is 0.632. The number of hydrogen-bond donors (Lipinski definition) is 2. The van der Waals surface area contributed by atoms with Crippen LogP contribution in [0.25, 0.3) is 0 Å². The van der Waals surface area contributed by atoms with Crippen LogP contribution in [0.5, 0.6) is 0 Å². The van der Waals surface area contributed by atoms with Crippen molar-refractivity contribution in [3.63, 3.8) is 0 Å². The van der Waals surface area contributed by atoms with E-state index in [1.54, 1.807) is 13.0 Å². The Bertz CT molecular complexity index is 305. The largest absolute Gasteiger partial charge is 0.477 e. The summed E-state index contributed by atoms with van der Waals surface area (Å²) in [5.41, 5.74) is -0.220. The zero-order valence-electron chi connectivity index (χ0n) is 6.97. The fraction of sp³-hybridized carbons (Fsp3) is 0.250. The van der Waals surface area contributed by atoms with Crippen molar-refractivity contribution >= 4 is 12.1 Å². The second-order valence-corrected chi connectivity index (χ2v) is 2.64. The van der Waals surface area contributed by atoms with Gasteiger partial charge in [-0.25, -0.2) is 9.59 Å². The minimum absolute atomic E-state index is 0.220. The molecular formula is C8H9NO4. The Labute approximate surface area is 74.6 Å². The van der Waals surface area contributed by atoms with Gasteiger partial charge in [0.1, 0.15) is 5.70 Å². The fourth-order valence-electron chi connectivity index (χ4n) is 1.14. The van der Waals surface area contributed by atoms with E-state index >= 15 is 0 Å². The van der Waals surface area contributed by atoms with Crippen molar-refractivity contribution in [1.29, 1.82) is 0 Å². The van der Waals surface area contributed by atoms with Crippen LogP contribution in [-0.2, 0) is 4.79 Å². The van der Waals surface area contributed by atoms with Gasteiger partial charge in [0.15, 0.2) is 0 Å². The van der Waals surface area contributed by atoms with Crippen molar-refractivity contribution in [2.45, 2.75) is 13.0 Å². The van der Waals surface area contributed by atoms with Gasteiger partial charge in [-0.2, -0.15) is 0 Å². The van der Waals surface area contributed by atoms with Gasteiger partial charge in [0, 0.05) is 0 Å². The number of nitrogens with zero attached hydrogens (tertiary/aromatic N) is 1. The molecule has 2 N–H and O–H groups in total. The molecule has 1 heterocycles. The minimum Gasteiger partial charge on any atom is -0.477 e. The van der Waals surface area contributed by atoms with Gasteiger partial charge < -0.3 is 10.2 Å².